The zero-order valence-corrected chi connectivity index (χ0v) is 7.27. The lowest BCUT2D eigenvalue weighted by Gasteiger charge is -2.32. The van der Waals surface area contributed by atoms with Gasteiger partial charge in [-0.1, -0.05) is 0 Å². The van der Waals surface area contributed by atoms with Crippen molar-refractivity contribution in [1.82, 2.24) is 15.6 Å². The number of hydrogen-bond donors (Lipinski definition) is 3. The van der Waals surface area contributed by atoms with E-state index in [2.05, 4.69) is 10.6 Å². The van der Waals surface area contributed by atoms with Gasteiger partial charge in [-0.3, -0.25) is 15.1 Å². The molecule has 0 aromatic rings. The first-order valence-electron chi connectivity index (χ1n) is 4.02. The number of rotatable bonds is 1. The second-order valence-corrected chi connectivity index (χ2v) is 2.88. The number of carbonyl (C=O) groups is 1. The van der Waals surface area contributed by atoms with Crippen LogP contribution in [0.25, 0.3) is 0 Å². The van der Waals surface area contributed by atoms with Crippen molar-refractivity contribution >= 4 is 5.91 Å². The molecular formula is C6H11F3N4O. The molecule has 14 heavy (non-hydrogen) atoms. The summed E-state index contributed by atoms with van der Waals surface area (Å²) in [6.45, 7) is 1.33. The van der Waals surface area contributed by atoms with E-state index in [0.717, 1.165) is 0 Å². The lowest BCUT2D eigenvalue weighted by molar-refractivity contribution is -0.189. The van der Waals surface area contributed by atoms with Gasteiger partial charge in [-0.05, 0) is 0 Å². The molecule has 1 atom stereocenters. The quantitative estimate of drug-likeness (QED) is 0.289. The minimum atomic E-state index is -4.92. The first kappa shape index (κ1) is 11.2. The van der Waals surface area contributed by atoms with Gasteiger partial charge in [0.2, 0.25) is 0 Å². The average Bonchev–Trinajstić information content (AvgIpc) is 2.15. The summed E-state index contributed by atoms with van der Waals surface area (Å²) in [4.78, 5) is 10.7. The number of nitrogens with one attached hydrogen (secondary N) is 2. The normalized spacial score (nSPS) is 23.3. The van der Waals surface area contributed by atoms with E-state index >= 15 is 0 Å². The van der Waals surface area contributed by atoms with Crippen LogP contribution in [-0.4, -0.2) is 42.9 Å². The molecule has 1 aliphatic rings. The number of nitrogens with two attached hydrogens (primary N) is 1. The monoisotopic (exact) mass is 212 g/mol. The molecule has 1 rings (SSSR count). The van der Waals surface area contributed by atoms with Crippen LogP contribution in [0.1, 0.15) is 0 Å². The molecule has 1 saturated heterocycles. The molecule has 0 unspecified atom stereocenters. The highest BCUT2D eigenvalue weighted by Gasteiger charge is 2.43. The number of hydrazine groups is 1. The van der Waals surface area contributed by atoms with Gasteiger partial charge in [-0.2, -0.15) is 13.2 Å². The molecule has 1 fully saturated rings. The predicted octanol–water partition coefficient (Wildman–Crippen LogP) is -1.23. The van der Waals surface area contributed by atoms with E-state index < -0.39 is 18.2 Å². The maximum atomic E-state index is 11.9. The van der Waals surface area contributed by atoms with E-state index in [1.165, 1.54) is 0 Å². The van der Waals surface area contributed by atoms with Crippen LogP contribution in [0.4, 0.5) is 13.2 Å². The topological polar surface area (TPSA) is 70.4 Å². The highest BCUT2D eigenvalue weighted by atomic mass is 19.4. The van der Waals surface area contributed by atoms with Gasteiger partial charge < -0.3 is 5.32 Å². The van der Waals surface area contributed by atoms with Crippen LogP contribution in [0.5, 0.6) is 0 Å². The molecule has 4 N–H and O–H groups in total. The first-order chi connectivity index (χ1) is 6.43. The minimum absolute atomic E-state index is 0.173. The Hall–Kier alpha value is -0.860. The standard InChI is InChI=1S/C6H11F3N4O/c7-6(8,9)5(14)13(10)4-3-11-1-2-12-4/h4,11-12H,1-3,10H2/t4-/m1/s1. The summed E-state index contributed by atoms with van der Waals surface area (Å²) in [5, 5.41) is 5.68. The Morgan fingerprint density at radius 3 is 2.50 bits per heavy atom. The molecule has 1 heterocycles. The predicted molar refractivity (Wildman–Crippen MR) is 41.7 cm³/mol. The lowest BCUT2D eigenvalue weighted by Crippen LogP contribution is -2.63. The number of carbonyl (C=O) groups excluding carboxylic acids is 1. The maximum Gasteiger partial charge on any atom is 0.472 e. The second-order valence-electron chi connectivity index (χ2n) is 2.88. The number of halogens is 3. The SMILES string of the molecule is NN(C(=O)C(F)(F)F)[C@@H]1CNCCN1. The van der Waals surface area contributed by atoms with Crippen molar-refractivity contribution in [1.29, 1.82) is 0 Å². The zero-order chi connectivity index (χ0) is 10.8. The third-order valence-corrected chi connectivity index (χ3v) is 1.83. The zero-order valence-electron chi connectivity index (χ0n) is 7.27. The lowest BCUT2D eigenvalue weighted by atomic mass is 10.3. The molecule has 8 heteroatoms. The fourth-order valence-electron chi connectivity index (χ4n) is 1.12. The van der Waals surface area contributed by atoms with Gasteiger partial charge in [0, 0.05) is 19.6 Å². The molecule has 0 bridgehead atoms. The third kappa shape index (κ3) is 2.56. The van der Waals surface area contributed by atoms with Crippen molar-refractivity contribution in [2.75, 3.05) is 19.6 Å². The average molecular weight is 212 g/mol. The first-order valence-corrected chi connectivity index (χ1v) is 4.02. The fourth-order valence-corrected chi connectivity index (χ4v) is 1.12. The second kappa shape index (κ2) is 4.11. The summed E-state index contributed by atoms with van der Waals surface area (Å²) in [5.41, 5.74) is 0. The van der Waals surface area contributed by atoms with Gasteiger partial charge in [0.15, 0.2) is 0 Å². The van der Waals surface area contributed by atoms with Gasteiger partial charge in [0.05, 0.1) is 0 Å². The van der Waals surface area contributed by atoms with E-state index in [-0.39, 0.29) is 11.6 Å². The summed E-state index contributed by atoms with van der Waals surface area (Å²) >= 11 is 0. The molecule has 0 saturated carbocycles. The van der Waals surface area contributed by atoms with Crippen molar-refractivity contribution in [3.63, 3.8) is 0 Å². The Morgan fingerprint density at radius 1 is 1.43 bits per heavy atom. The largest absolute Gasteiger partial charge is 0.472 e. The molecule has 82 valence electrons. The van der Waals surface area contributed by atoms with Crippen LogP contribution in [0, 0.1) is 0 Å². The Morgan fingerprint density at radius 2 is 2.07 bits per heavy atom. The van der Waals surface area contributed by atoms with Crippen LogP contribution >= 0.6 is 0 Å². The molecule has 1 aliphatic heterocycles. The van der Waals surface area contributed by atoms with Crippen molar-refractivity contribution in [3.05, 3.63) is 0 Å². The third-order valence-electron chi connectivity index (χ3n) is 1.83. The van der Waals surface area contributed by atoms with E-state index in [1.54, 1.807) is 0 Å². The summed E-state index contributed by atoms with van der Waals surface area (Å²) in [5.74, 6) is 3.00. The number of amides is 1. The van der Waals surface area contributed by atoms with Crippen LogP contribution in [-0.2, 0) is 4.79 Å². The van der Waals surface area contributed by atoms with Gasteiger partial charge >= 0.3 is 12.1 Å². The van der Waals surface area contributed by atoms with Crippen molar-refractivity contribution in [3.8, 4) is 0 Å². The summed E-state index contributed by atoms with van der Waals surface area (Å²) in [7, 11) is 0. The minimum Gasteiger partial charge on any atom is -0.312 e. The smallest absolute Gasteiger partial charge is 0.312 e. The molecule has 0 aliphatic carbocycles. The highest BCUT2D eigenvalue weighted by Crippen LogP contribution is 2.17. The Bertz CT molecular complexity index is 214. The Balaban J connectivity index is 2.55. The van der Waals surface area contributed by atoms with Crippen LogP contribution in [0.3, 0.4) is 0 Å². The van der Waals surface area contributed by atoms with E-state index in [1.807, 2.05) is 0 Å². The summed E-state index contributed by atoms with van der Waals surface area (Å²) in [6.07, 6.45) is -5.73. The van der Waals surface area contributed by atoms with E-state index in [0.29, 0.717) is 13.1 Å². The molecule has 1 amide bonds. The van der Waals surface area contributed by atoms with Crippen LogP contribution in [0.15, 0.2) is 0 Å². The van der Waals surface area contributed by atoms with Crippen LogP contribution < -0.4 is 16.5 Å². The summed E-state index contributed by atoms with van der Waals surface area (Å²) in [6, 6.07) is 0. The number of piperazine rings is 1. The van der Waals surface area contributed by atoms with Gasteiger partial charge in [-0.25, -0.2) is 5.84 Å². The fraction of sp³-hybridized carbons (Fsp3) is 0.833. The van der Waals surface area contributed by atoms with E-state index in [4.69, 9.17) is 5.84 Å². The van der Waals surface area contributed by atoms with Gasteiger partial charge in [-0.15, -0.1) is 0 Å². The number of alkyl halides is 3. The Labute approximate surface area is 78.4 Å². The highest BCUT2D eigenvalue weighted by molar-refractivity contribution is 5.81. The van der Waals surface area contributed by atoms with Gasteiger partial charge in [0.25, 0.3) is 0 Å². The molecule has 0 aromatic heterocycles. The molecule has 5 nitrogen and oxygen atoms in total. The number of nitrogens with zero attached hydrogens (tertiary/aromatic N) is 1. The Kier molecular flexibility index (Phi) is 3.29. The van der Waals surface area contributed by atoms with Crippen LogP contribution in [0.2, 0.25) is 0 Å². The summed E-state index contributed by atoms with van der Waals surface area (Å²) < 4.78 is 35.8. The van der Waals surface area contributed by atoms with Crippen molar-refractivity contribution in [2.45, 2.75) is 12.3 Å². The molecule has 0 radical (unpaired) electrons. The van der Waals surface area contributed by atoms with E-state index in [9.17, 15) is 18.0 Å². The maximum absolute atomic E-state index is 11.9. The molecule has 0 aromatic carbocycles. The van der Waals surface area contributed by atoms with Gasteiger partial charge in [0.1, 0.15) is 6.17 Å². The van der Waals surface area contributed by atoms with Crippen molar-refractivity contribution in [2.24, 2.45) is 5.84 Å². The molecule has 0 spiro atoms. The van der Waals surface area contributed by atoms with Crippen molar-refractivity contribution < 1.29 is 18.0 Å². The molecular weight excluding hydrogens is 201 g/mol. The number of hydrogen-bond acceptors (Lipinski definition) is 4.